The lowest BCUT2D eigenvalue weighted by Crippen LogP contribution is -2.30. The highest BCUT2D eigenvalue weighted by molar-refractivity contribution is 6.48. The molecule has 3 aromatic rings. The number of aromatic nitrogens is 1. The van der Waals surface area contributed by atoms with Crippen molar-refractivity contribution in [2.45, 2.75) is 6.04 Å². The fourth-order valence-electron chi connectivity index (χ4n) is 2.45. The molecule has 1 aromatic heterocycles. The Kier molecular flexibility index (Phi) is 5.59. The molecule has 0 saturated carbocycles. The molecule has 3 nitrogen and oxygen atoms in total. The van der Waals surface area contributed by atoms with E-state index in [1.165, 1.54) is 6.20 Å². The highest BCUT2D eigenvalue weighted by atomic mass is 35.5. The minimum atomic E-state index is -0.429. The number of hydrogen-bond donors (Lipinski definition) is 1. The molecule has 1 N–H and O–H groups in total. The first-order valence-electron chi connectivity index (χ1n) is 7.48. The molecule has 0 aliphatic heterocycles. The number of benzene rings is 2. The first-order chi connectivity index (χ1) is 12.1. The molecule has 0 atom stereocenters. The van der Waals surface area contributed by atoms with Crippen molar-refractivity contribution in [1.29, 1.82) is 0 Å². The minimum Gasteiger partial charge on any atom is -0.340 e. The van der Waals surface area contributed by atoms with Gasteiger partial charge in [0.05, 0.1) is 21.1 Å². The van der Waals surface area contributed by atoms with Gasteiger partial charge in [-0.2, -0.15) is 0 Å². The molecule has 0 aliphatic carbocycles. The molecule has 0 bridgehead atoms. The topological polar surface area (TPSA) is 42.0 Å². The highest BCUT2D eigenvalue weighted by Gasteiger charge is 2.22. The number of pyridine rings is 1. The third kappa shape index (κ3) is 3.96. The van der Waals surface area contributed by atoms with Crippen molar-refractivity contribution in [2.24, 2.45) is 0 Å². The molecule has 1 amide bonds. The van der Waals surface area contributed by atoms with Gasteiger partial charge in [0, 0.05) is 6.20 Å². The van der Waals surface area contributed by atoms with E-state index in [4.69, 9.17) is 34.8 Å². The van der Waals surface area contributed by atoms with Crippen LogP contribution in [-0.2, 0) is 0 Å². The van der Waals surface area contributed by atoms with Gasteiger partial charge in [-0.05, 0) is 11.1 Å². The van der Waals surface area contributed by atoms with E-state index in [0.717, 1.165) is 11.1 Å². The molecule has 2 aromatic carbocycles. The third-order valence-electron chi connectivity index (χ3n) is 3.67. The van der Waals surface area contributed by atoms with E-state index in [0.29, 0.717) is 0 Å². The van der Waals surface area contributed by atoms with Crippen molar-refractivity contribution in [2.75, 3.05) is 0 Å². The van der Waals surface area contributed by atoms with Crippen molar-refractivity contribution < 1.29 is 4.79 Å². The van der Waals surface area contributed by atoms with E-state index in [9.17, 15) is 4.79 Å². The zero-order chi connectivity index (χ0) is 17.8. The summed E-state index contributed by atoms with van der Waals surface area (Å²) in [5, 5.41) is 3.31. The van der Waals surface area contributed by atoms with Crippen molar-refractivity contribution in [3.8, 4) is 0 Å². The van der Waals surface area contributed by atoms with Crippen LogP contribution in [0.25, 0.3) is 0 Å². The maximum absolute atomic E-state index is 12.7. The van der Waals surface area contributed by atoms with E-state index in [2.05, 4.69) is 10.3 Å². The van der Waals surface area contributed by atoms with Crippen molar-refractivity contribution in [3.05, 3.63) is 98.7 Å². The molecule has 0 radical (unpaired) electrons. The summed E-state index contributed by atoms with van der Waals surface area (Å²) in [5.74, 6) is -0.429. The summed E-state index contributed by atoms with van der Waals surface area (Å²) in [7, 11) is 0. The second kappa shape index (κ2) is 7.87. The summed E-state index contributed by atoms with van der Waals surface area (Å²) in [6.45, 7) is 0. The largest absolute Gasteiger partial charge is 0.340 e. The number of nitrogens with zero attached hydrogens (tertiary/aromatic N) is 1. The average Bonchev–Trinajstić information content (AvgIpc) is 2.65. The lowest BCUT2D eigenvalue weighted by Gasteiger charge is -2.20. The molecule has 0 unspecified atom stereocenters. The van der Waals surface area contributed by atoms with Crippen LogP contribution in [0.15, 0.2) is 66.9 Å². The van der Waals surface area contributed by atoms with Crippen LogP contribution in [0.5, 0.6) is 0 Å². The Morgan fingerprint density at radius 1 is 0.840 bits per heavy atom. The predicted octanol–water partition coefficient (Wildman–Crippen LogP) is 5.56. The van der Waals surface area contributed by atoms with Crippen LogP contribution >= 0.6 is 34.8 Å². The molecule has 126 valence electrons. The molecular formula is C19H13Cl3N2O. The molecule has 0 aliphatic rings. The number of halogens is 3. The summed E-state index contributed by atoms with van der Waals surface area (Å²) < 4.78 is 0. The zero-order valence-electron chi connectivity index (χ0n) is 12.9. The Balaban J connectivity index is 1.96. The van der Waals surface area contributed by atoms with Crippen LogP contribution in [0, 0.1) is 0 Å². The van der Waals surface area contributed by atoms with E-state index in [-0.39, 0.29) is 26.8 Å². The van der Waals surface area contributed by atoms with E-state index in [1.807, 2.05) is 60.7 Å². The maximum atomic E-state index is 12.7. The van der Waals surface area contributed by atoms with E-state index in [1.54, 1.807) is 0 Å². The first-order valence-corrected chi connectivity index (χ1v) is 8.61. The van der Waals surface area contributed by atoms with Gasteiger partial charge in [-0.3, -0.25) is 4.79 Å². The van der Waals surface area contributed by atoms with Gasteiger partial charge in [-0.15, -0.1) is 0 Å². The zero-order valence-corrected chi connectivity index (χ0v) is 15.2. The summed E-state index contributed by atoms with van der Waals surface area (Å²) in [4.78, 5) is 16.7. The number of rotatable bonds is 4. The lowest BCUT2D eigenvalue weighted by atomic mass is 9.98. The predicted molar refractivity (Wildman–Crippen MR) is 101 cm³/mol. The number of carbonyl (C=O) groups excluding carboxylic acids is 1. The van der Waals surface area contributed by atoms with Gasteiger partial charge in [-0.1, -0.05) is 95.5 Å². The molecule has 0 spiro atoms. The quantitative estimate of drug-likeness (QED) is 0.632. The summed E-state index contributed by atoms with van der Waals surface area (Å²) >= 11 is 18.0. The van der Waals surface area contributed by atoms with Gasteiger partial charge in [0.15, 0.2) is 0 Å². The first kappa shape index (κ1) is 17.7. The minimum absolute atomic E-state index is 0.0338. The fraction of sp³-hybridized carbons (Fsp3) is 0.0526. The monoisotopic (exact) mass is 390 g/mol. The molecule has 3 rings (SSSR count). The molecule has 0 saturated heterocycles. The van der Waals surface area contributed by atoms with Gasteiger partial charge in [0.1, 0.15) is 5.69 Å². The van der Waals surface area contributed by atoms with Crippen LogP contribution in [-0.4, -0.2) is 10.9 Å². The second-order valence-electron chi connectivity index (χ2n) is 5.31. The maximum Gasteiger partial charge on any atom is 0.272 e. The van der Waals surface area contributed by atoms with Gasteiger partial charge in [0.25, 0.3) is 5.91 Å². The van der Waals surface area contributed by atoms with Gasteiger partial charge in [0.2, 0.25) is 0 Å². The number of hydrogen-bond acceptors (Lipinski definition) is 2. The van der Waals surface area contributed by atoms with Gasteiger partial charge >= 0.3 is 0 Å². The number of nitrogens with one attached hydrogen (secondary N) is 1. The summed E-state index contributed by atoms with van der Waals surface area (Å²) in [6.07, 6.45) is 1.31. The van der Waals surface area contributed by atoms with Crippen molar-refractivity contribution in [1.82, 2.24) is 10.3 Å². The Hall–Kier alpha value is -2.07. The lowest BCUT2D eigenvalue weighted by molar-refractivity contribution is 0.0938. The Bertz CT molecular complexity index is 846. The summed E-state index contributed by atoms with van der Waals surface area (Å²) in [6, 6.07) is 19.0. The Labute approximate surface area is 160 Å². The standard InChI is InChI=1S/C19H13Cl3N2O/c20-14-11-23-18(16(22)15(14)21)19(25)24-17(12-7-3-1-4-8-12)13-9-5-2-6-10-13/h1-11,17H,(H,24,25). The van der Waals surface area contributed by atoms with Crippen LogP contribution in [0.3, 0.4) is 0 Å². The van der Waals surface area contributed by atoms with Crippen LogP contribution in [0.4, 0.5) is 0 Å². The fourth-order valence-corrected chi connectivity index (χ4v) is 3.02. The Morgan fingerprint density at radius 2 is 1.36 bits per heavy atom. The SMILES string of the molecule is O=C(NC(c1ccccc1)c1ccccc1)c1ncc(Cl)c(Cl)c1Cl. The highest BCUT2D eigenvalue weighted by Crippen LogP contribution is 2.31. The number of amides is 1. The van der Waals surface area contributed by atoms with Crippen LogP contribution in [0.2, 0.25) is 15.1 Å². The Morgan fingerprint density at radius 3 is 1.88 bits per heavy atom. The second-order valence-corrected chi connectivity index (χ2v) is 6.47. The van der Waals surface area contributed by atoms with Crippen LogP contribution < -0.4 is 5.32 Å². The van der Waals surface area contributed by atoms with Gasteiger partial charge in [-0.25, -0.2) is 4.98 Å². The molecular weight excluding hydrogens is 379 g/mol. The molecule has 6 heteroatoms. The molecule has 0 fully saturated rings. The van der Waals surface area contributed by atoms with E-state index < -0.39 is 5.91 Å². The molecule has 1 heterocycles. The molecule has 25 heavy (non-hydrogen) atoms. The van der Waals surface area contributed by atoms with Crippen molar-refractivity contribution >= 4 is 40.7 Å². The summed E-state index contributed by atoms with van der Waals surface area (Å²) in [5.41, 5.74) is 1.92. The average molecular weight is 392 g/mol. The normalized spacial score (nSPS) is 10.7. The third-order valence-corrected chi connectivity index (χ3v) is 4.91. The van der Waals surface area contributed by atoms with E-state index >= 15 is 0 Å². The van der Waals surface area contributed by atoms with Crippen LogP contribution in [0.1, 0.15) is 27.7 Å². The van der Waals surface area contributed by atoms with Gasteiger partial charge < -0.3 is 5.32 Å². The number of carbonyl (C=O) groups is 1. The smallest absolute Gasteiger partial charge is 0.272 e. The van der Waals surface area contributed by atoms with Crippen molar-refractivity contribution in [3.63, 3.8) is 0 Å².